The first-order valence-electron chi connectivity index (χ1n) is 17.5. The molecule has 2 aromatic heterocycles. The van der Waals surface area contributed by atoms with E-state index in [0.29, 0.717) is 46.5 Å². The Morgan fingerprint density at radius 2 is 1.48 bits per heavy atom. The van der Waals surface area contributed by atoms with Crippen molar-refractivity contribution in [2.24, 2.45) is 0 Å². The minimum atomic E-state index is -0.525. The summed E-state index contributed by atoms with van der Waals surface area (Å²) in [4.78, 5) is 28.5. The van der Waals surface area contributed by atoms with Crippen LogP contribution in [0.2, 0.25) is 5.02 Å². The summed E-state index contributed by atoms with van der Waals surface area (Å²) in [6.45, 7) is 12.2. The maximum absolute atomic E-state index is 13.2. The van der Waals surface area contributed by atoms with Crippen molar-refractivity contribution in [3.8, 4) is 11.4 Å². The second kappa shape index (κ2) is 19.0. The molecule has 0 saturated heterocycles. The second-order valence-electron chi connectivity index (χ2n) is 13.5. The highest BCUT2D eigenvalue weighted by molar-refractivity contribution is 6.34. The first kappa shape index (κ1) is 37.5. The number of carbonyl (C=O) groups is 2. The summed E-state index contributed by atoms with van der Waals surface area (Å²) in [6, 6.07) is 5.33. The zero-order chi connectivity index (χ0) is 33.5. The van der Waals surface area contributed by atoms with Gasteiger partial charge in [-0.2, -0.15) is 5.10 Å². The van der Waals surface area contributed by atoms with Crippen molar-refractivity contribution >= 4 is 40.4 Å². The fourth-order valence-corrected chi connectivity index (χ4v) is 6.20. The first-order chi connectivity index (χ1) is 22.0. The number of carbonyl (C=O) groups excluding carboxylic acids is 2. The molecule has 2 heterocycles. The van der Waals surface area contributed by atoms with Crippen LogP contribution < -0.4 is 10.6 Å². The van der Waals surface area contributed by atoms with Gasteiger partial charge in [-0.25, -0.2) is 0 Å². The lowest BCUT2D eigenvalue weighted by atomic mass is 9.92. The normalized spacial score (nSPS) is 12.5. The van der Waals surface area contributed by atoms with E-state index in [9.17, 15) is 9.59 Å². The van der Waals surface area contributed by atoms with Gasteiger partial charge in [0.15, 0.2) is 11.5 Å². The number of rotatable bonds is 21. The summed E-state index contributed by atoms with van der Waals surface area (Å²) in [5.41, 5.74) is 2.81. The third-order valence-electron chi connectivity index (χ3n) is 8.29. The molecule has 3 aromatic rings. The third kappa shape index (κ3) is 11.7. The van der Waals surface area contributed by atoms with E-state index < -0.39 is 6.10 Å². The van der Waals surface area contributed by atoms with Crippen LogP contribution >= 0.6 is 11.6 Å². The van der Waals surface area contributed by atoms with Crippen LogP contribution in [-0.4, -0.2) is 44.3 Å². The molecule has 9 nitrogen and oxygen atoms in total. The van der Waals surface area contributed by atoms with Crippen LogP contribution in [0.1, 0.15) is 144 Å². The molecule has 2 amide bonds. The fourth-order valence-electron chi connectivity index (χ4n) is 5.76. The lowest BCUT2D eigenvalue weighted by molar-refractivity contribution is -0.127. The zero-order valence-corrected chi connectivity index (χ0v) is 29.8. The van der Waals surface area contributed by atoms with Crippen LogP contribution in [0.3, 0.4) is 0 Å². The number of unbranched alkanes of at least 4 members (excludes halogenated alkanes) is 13. The molecule has 1 unspecified atom stereocenters. The Hall–Kier alpha value is -2.91. The molecule has 1 atom stereocenters. The summed E-state index contributed by atoms with van der Waals surface area (Å²) < 4.78 is 7.31. The van der Waals surface area contributed by atoms with Crippen molar-refractivity contribution in [2.75, 3.05) is 17.2 Å². The summed E-state index contributed by atoms with van der Waals surface area (Å²) in [6.07, 6.45) is 18.3. The van der Waals surface area contributed by atoms with Gasteiger partial charge in [0.2, 0.25) is 5.91 Å². The second-order valence-corrected chi connectivity index (χ2v) is 13.9. The Morgan fingerprint density at radius 3 is 2.00 bits per heavy atom. The van der Waals surface area contributed by atoms with Gasteiger partial charge in [-0.05, 0) is 31.5 Å². The quantitative estimate of drug-likeness (QED) is 0.0988. The van der Waals surface area contributed by atoms with Gasteiger partial charge in [0, 0.05) is 30.2 Å². The Labute approximate surface area is 281 Å². The van der Waals surface area contributed by atoms with Gasteiger partial charge in [-0.15, -0.1) is 9.73 Å². The minimum Gasteiger partial charge on any atom is -0.369 e. The van der Waals surface area contributed by atoms with E-state index in [2.05, 4.69) is 32.7 Å². The average molecular weight is 657 g/mol. The Balaban J connectivity index is 1.50. The van der Waals surface area contributed by atoms with Crippen molar-refractivity contribution in [1.29, 1.82) is 0 Å². The zero-order valence-electron chi connectivity index (χ0n) is 29.1. The van der Waals surface area contributed by atoms with Gasteiger partial charge >= 0.3 is 0 Å². The third-order valence-corrected chi connectivity index (χ3v) is 8.64. The van der Waals surface area contributed by atoms with Gasteiger partial charge in [-0.1, -0.05) is 129 Å². The molecule has 3 N–H and O–H groups in total. The monoisotopic (exact) mass is 656 g/mol. The van der Waals surface area contributed by atoms with Crippen molar-refractivity contribution in [2.45, 2.75) is 149 Å². The molecule has 0 aliphatic heterocycles. The van der Waals surface area contributed by atoms with Crippen LogP contribution in [0.5, 0.6) is 0 Å². The van der Waals surface area contributed by atoms with Crippen LogP contribution in [-0.2, 0) is 19.7 Å². The highest BCUT2D eigenvalue weighted by Crippen LogP contribution is 2.34. The summed E-state index contributed by atoms with van der Waals surface area (Å²) in [5, 5.41) is 15.5. The molecule has 0 radical (unpaired) electrons. The molecular formula is C36H57ClN6O3. The summed E-state index contributed by atoms with van der Waals surface area (Å²) in [7, 11) is 0. The number of aromatic nitrogens is 4. The number of hydrogen-bond acceptors (Lipinski definition) is 5. The van der Waals surface area contributed by atoms with E-state index in [-0.39, 0.29) is 17.2 Å². The molecule has 46 heavy (non-hydrogen) atoms. The summed E-state index contributed by atoms with van der Waals surface area (Å²) >= 11 is 6.62. The number of anilines is 2. The van der Waals surface area contributed by atoms with Gasteiger partial charge in [0.25, 0.3) is 5.91 Å². The van der Waals surface area contributed by atoms with E-state index in [1.165, 1.54) is 88.6 Å². The van der Waals surface area contributed by atoms with Gasteiger partial charge in [-0.3, -0.25) is 9.59 Å². The highest BCUT2D eigenvalue weighted by atomic mass is 35.5. The number of nitrogens with one attached hydrogen (secondary N) is 3. The molecule has 0 fully saturated rings. The lowest BCUT2D eigenvalue weighted by Gasteiger charge is -2.18. The Morgan fingerprint density at radius 1 is 0.891 bits per heavy atom. The van der Waals surface area contributed by atoms with Gasteiger partial charge in [0.05, 0.1) is 11.4 Å². The number of halogens is 1. The first-order valence-corrected chi connectivity index (χ1v) is 17.9. The van der Waals surface area contributed by atoms with Crippen molar-refractivity contribution in [3.05, 3.63) is 28.9 Å². The maximum atomic E-state index is 13.2. The number of benzene rings is 1. The van der Waals surface area contributed by atoms with E-state index in [4.69, 9.17) is 16.3 Å². The standard InChI is InChI=1S/C36H57ClN6O3/c1-7-9-10-11-12-13-14-15-16-17-18-19-20-21-22-30(46-8-2)35(45)39-27-23-24-28(29(25-27)38-26(3)44)33-40-34-31(37)32(36(4,5)6)41-43(34)42-33/h23-25,30H,7-22H2,1-6H3,(H,38,44)(H,39,45)(H,40,42). The number of aromatic amines is 1. The molecule has 0 aliphatic rings. The predicted octanol–water partition coefficient (Wildman–Crippen LogP) is 9.85. The minimum absolute atomic E-state index is 0.184. The van der Waals surface area contributed by atoms with E-state index in [1.54, 1.807) is 18.2 Å². The summed E-state index contributed by atoms with van der Waals surface area (Å²) in [5.74, 6) is 0.0756. The van der Waals surface area contributed by atoms with Crippen molar-refractivity contribution < 1.29 is 14.3 Å². The Bertz CT molecular complexity index is 1380. The number of nitrogens with zero attached hydrogens (tertiary/aromatic N) is 3. The lowest BCUT2D eigenvalue weighted by Crippen LogP contribution is -2.30. The topological polar surface area (TPSA) is 113 Å². The van der Waals surface area contributed by atoms with Crippen LogP contribution in [0.15, 0.2) is 18.2 Å². The Kier molecular flexibility index (Phi) is 15.5. The molecule has 3 rings (SSSR count). The van der Waals surface area contributed by atoms with Gasteiger partial charge in [0.1, 0.15) is 11.1 Å². The van der Waals surface area contributed by atoms with Crippen LogP contribution in [0.4, 0.5) is 11.4 Å². The number of hydrogen-bond donors (Lipinski definition) is 3. The van der Waals surface area contributed by atoms with Crippen LogP contribution in [0.25, 0.3) is 17.0 Å². The molecule has 0 saturated carbocycles. The number of ether oxygens (including phenoxy) is 1. The number of H-pyrrole nitrogens is 1. The fraction of sp³-hybridized carbons (Fsp3) is 0.667. The van der Waals surface area contributed by atoms with E-state index in [1.807, 2.05) is 27.7 Å². The average Bonchev–Trinajstić information content (AvgIpc) is 3.55. The predicted molar refractivity (Wildman–Crippen MR) is 190 cm³/mol. The maximum Gasteiger partial charge on any atom is 0.253 e. The van der Waals surface area contributed by atoms with E-state index >= 15 is 0 Å². The molecular weight excluding hydrogens is 600 g/mol. The SMILES string of the molecule is CCCCCCCCCCCCCCCCC(OCC)C(=O)Nc1ccc(-c2nn3nc(C(C)(C)C)c(Cl)c3[nH]2)c(NC(C)=O)c1. The van der Waals surface area contributed by atoms with Gasteiger partial charge < -0.3 is 20.4 Å². The molecule has 0 aliphatic carbocycles. The molecule has 1 aromatic carbocycles. The van der Waals surface area contributed by atoms with Crippen molar-refractivity contribution in [1.82, 2.24) is 19.8 Å². The number of amides is 2. The largest absolute Gasteiger partial charge is 0.369 e. The van der Waals surface area contributed by atoms with Crippen molar-refractivity contribution in [3.63, 3.8) is 0 Å². The number of fused-ring (bicyclic) bond motifs is 1. The van der Waals surface area contributed by atoms with Crippen LogP contribution in [0, 0.1) is 0 Å². The molecule has 256 valence electrons. The smallest absolute Gasteiger partial charge is 0.253 e. The molecule has 0 bridgehead atoms. The molecule has 0 spiro atoms. The van der Waals surface area contributed by atoms with E-state index in [0.717, 1.165) is 18.5 Å². The highest BCUT2D eigenvalue weighted by Gasteiger charge is 2.26. The molecule has 10 heteroatoms.